The quantitative estimate of drug-likeness (QED) is 0.596. The van der Waals surface area contributed by atoms with Crippen molar-refractivity contribution in [3.8, 4) is 0 Å². The first kappa shape index (κ1) is 20.8. The standard InChI is InChI=1S/C21H23ClN4O3/c1-12(2)18-9-16(17-10-23-26(13(3)4)20(17)25-18)21(28)29-11-19(27)24-15-7-5-6-14(22)8-15/h5-10,12-13H,11H2,1-4H3,(H,24,27). The van der Waals surface area contributed by atoms with Gasteiger partial charge in [-0.1, -0.05) is 31.5 Å². The summed E-state index contributed by atoms with van der Waals surface area (Å²) < 4.78 is 7.02. The van der Waals surface area contributed by atoms with Crippen LogP contribution in [0.5, 0.6) is 0 Å². The molecule has 3 aromatic rings. The molecule has 0 bridgehead atoms. The third-order valence-electron chi connectivity index (χ3n) is 4.33. The highest BCUT2D eigenvalue weighted by atomic mass is 35.5. The minimum absolute atomic E-state index is 0.0924. The van der Waals surface area contributed by atoms with E-state index in [1.807, 2.05) is 27.7 Å². The van der Waals surface area contributed by atoms with Gasteiger partial charge in [-0.25, -0.2) is 14.5 Å². The van der Waals surface area contributed by atoms with Gasteiger partial charge in [-0.3, -0.25) is 4.79 Å². The van der Waals surface area contributed by atoms with Crippen LogP contribution in [0.2, 0.25) is 5.02 Å². The number of carbonyl (C=O) groups excluding carboxylic acids is 2. The first-order valence-electron chi connectivity index (χ1n) is 9.37. The van der Waals surface area contributed by atoms with Crippen LogP contribution in [0.4, 0.5) is 5.69 Å². The number of aromatic nitrogens is 3. The van der Waals surface area contributed by atoms with Gasteiger partial charge in [0.2, 0.25) is 0 Å². The molecule has 7 nitrogen and oxygen atoms in total. The van der Waals surface area contributed by atoms with Gasteiger partial charge in [0.05, 0.1) is 17.1 Å². The summed E-state index contributed by atoms with van der Waals surface area (Å²) in [5, 5.41) is 8.10. The zero-order valence-electron chi connectivity index (χ0n) is 16.8. The molecule has 0 aliphatic carbocycles. The third kappa shape index (κ3) is 4.74. The Labute approximate surface area is 174 Å². The minimum atomic E-state index is -0.594. The predicted octanol–water partition coefficient (Wildman–Crippen LogP) is 4.58. The van der Waals surface area contributed by atoms with Crippen molar-refractivity contribution >= 4 is 40.2 Å². The number of carbonyl (C=O) groups is 2. The second kappa shape index (κ2) is 8.61. The fourth-order valence-electron chi connectivity index (χ4n) is 2.85. The van der Waals surface area contributed by atoms with Crippen molar-refractivity contribution in [1.82, 2.24) is 14.8 Å². The highest BCUT2D eigenvalue weighted by Gasteiger charge is 2.20. The van der Waals surface area contributed by atoms with Gasteiger partial charge in [-0.2, -0.15) is 5.10 Å². The van der Waals surface area contributed by atoms with Gasteiger partial charge < -0.3 is 10.1 Å². The molecule has 2 aromatic heterocycles. The molecule has 0 spiro atoms. The molecule has 0 aliphatic rings. The smallest absolute Gasteiger partial charge is 0.339 e. The van der Waals surface area contributed by atoms with Crippen molar-refractivity contribution in [2.75, 3.05) is 11.9 Å². The van der Waals surface area contributed by atoms with E-state index in [1.54, 1.807) is 41.2 Å². The lowest BCUT2D eigenvalue weighted by Gasteiger charge is -2.12. The van der Waals surface area contributed by atoms with Gasteiger partial charge in [0.15, 0.2) is 12.3 Å². The van der Waals surface area contributed by atoms with Crippen molar-refractivity contribution in [3.63, 3.8) is 0 Å². The third-order valence-corrected chi connectivity index (χ3v) is 4.56. The van der Waals surface area contributed by atoms with Gasteiger partial charge >= 0.3 is 5.97 Å². The van der Waals surface area contributed by atoms with Crippen LogP contribution < -0.4 is 5.32 Å². The van der Waals surface area contributed by atoms with Crippen molar-refractivity contribution in [3.05, 3.63) is 52.8 Å². The molecule has 152 valence electrons. The molecule has 1 N–H and O–H groups in total. The summed E-state index contributed by atoms with van der Waals surface area (Å²) in [4.78, 5) is 29.5. The number of benzene rings is 1. The second-order valence-corrected chi connectivity index (χ2v) is 7.74. The minimum Gasteiger partial charge on any atom is -0.452 e. The SMILES string of the molecule is CC(C)c1cc(C(=O)OCC(=O)Nc2cccc(Cl)c2)c2cnn(C(C)C)c2n1. The van der Waals surface area contributed by atoms with E-state index in [0.717, 1.165) is 5.69 Å². The van der Waals surface area contributed by atoms with Gasteiger partial charge in [0.1, 0.15) is 0 Å². The van der Waals surface area contributed by atoms with Gasteiger partial charge in [-0.15, -0.1) is 0 Å². The summed E-state index contributed by atoms with van der Waals surface area (Å²) in [6, 6.07) is 8.54. The number of halogens is 1. The van der Waals surface area contributed by atoms with E-state index in [-0.39, 0.29) is 12.0 Å². The molecule has 29 heavy (non-hydrogen) atoms. The van der Waals surface area contributed by atoms with Crippen LogP contribution in [0.25, 0.3) is 11.0 Å². The Morgan fingerprint density at radius 3 is 2.62 bits per heavy atom. The molecule has 0 saturated heterocycles. The zero-order chi connectivity index (χ0) is 21.1. The molecule has 3 rings (SSSR count). The van der Waals surface area contributed by atoms with E-state index >= 15 is 0 Å². The largest absolute Gasteiger partial charge is 0.452 e. The molecular weight excluding hydrogens is 392 g/mol. The van der Waals surface area contributed by atoms with Crippen molar-refractivity contribution in [2.24, 2.45) is 0 Å². The highest BCUT2D eigenvalue weighted by Crippen LogP contribution is 2.25. The number of ether oxygens (including phenoxy) is 1. The summed E-state index contributed by atoms with van der Waals surface area (Å²) in [6.45, 7) is 7.57. The van der Waals surface area contributed by atoms with E-state index in [9.17, 15) is 9.59 Å². The number of esters is 1. The lowest BCUT2D eigenvalue weighted by atomic mass is 10.1. The highest BCUT2D eigenvalue weighted by molar-refractivity contribution is 6.30. The molecule has 0 fully saturated rings. The first-order chi connectivity index (χ1) is 13.8. The van der Waals surface area contributed by atoms with E-state index in [1.165, 1.54) is 0 Å². The Hall–Kier alpha value is -2.93. The van der Waals surface area contributed by atoms with E-state index in [2.05, 4.69) is 15.4 Å². The summed E-state index contributed by atoms with van der Waals surface area (Å²) in [5.74, 6) is -0.927. The average Bonchev–Trinajstić information content (AvgIpc) is 3.09. The van der Waals surface area contributed by atoms with Gasteiger partial charge in [-0.05, 0) is 44.0 Å². The number of amides is 1. The number of pyridine rings is 1. The molecule has 0 unspecified atom stereocenters. The van der Waals surface area contributed by atoms with E-state index in [0.29, 0.717) is 27.3 Å². The molecule has 2 heterocycles. The molecular formula is C21H23ClN4O3. The van der Waals surface area contributed by atoms with Gasteiger partial charge in [0.25, 0.3) is 5.91 Å². The number of nitrogens with zero attached hydrogens (tertiary/aromatic N) is 3. The fourth-order valence-corrected chi connectivity index (χ4v) is 3.04. The van der Waals surface area contributed by atoms with Crippen molar-refractivity contribution < 1.29 is 14.3 Å². The number of hydrogen-bond acceptors (Lipinski definition) is 5. The lowest BCUT2D eigenvalue weighted by Crippen LogP contribution is -2.21. The maximum atomic E-state index is 12.7. The summed E-state index contributed by atoms with van der Waals surface area (Å²) in [6.07, 6.45) is 1.61. The lowest BCUT2D eigenvalue weighted by molar-refractivity contribution is -0.119. The Morgan fingerprint density at radius 1 is 1.21 bits per heavy atom. The molecule has 0 radical (unpaired) electrons. The van der Waals surface area contributed by atoms with Crippen LogP contribution in [0.3, 0.4) is 0 Å². The molecule has 1 amide bonds. The Bertz CT molecular complexity index is 1060. The number of anilines is 1. The molecule has 0 atom stereocenters. The zero-order valence-corrected chi connectivity index (χ0v) is 17.5. The summed E-state index contributed by atoms with van der Waals surface area (Å²) in [5.41, 5.74) is 2.27. The van der Waals surface area contributed by atoms with Crippen LogP contribution in [-0.2, 0) is 9.53 Å². The van der Waals surface area contributed by atoms with Crippen LogP contribution in [-0.4, -0.2) is 33.2 Å². The summed E-state index contributed by atoms with van der Waals surface area (Å²) >= 11 is 5.91. The van der Waals surface area contributed by atoms with E-state index < -0.39 is 18.5 Å². The van der Waals surface area contributed by atoms with Crippen LogP contribution in [0.1, 0.15) is 55.7 Å². The average molecular weight is 415 g/mol. The molecule has 8 heteroatoms. The monoisotopic (exact) mass is 414 g/mol. The van der Waals surface area contributed by atoms with Crippen LogP contribution >= 0.6 is 11.6 Å². The first-order valence-corrected chi connectivity index (χ1v) is 9.74. The number of rotatable bonds is 6. The molecule has 0 aliphatic heterocycles. The predicted molar refractivity (Wildman–Crippen MR) is 112 cm³/mol. The van der Waals surface area contributed by atoms with Crippen LogP contribution in [0, 0.1) is 0 Å². The fraction of sp³-hybridized carbons (Fsp3) is 0.333. The van der Waals surface area contributed by atoms with Crippen molar-refractivity contribution in [2.45, 2.75) is 39.7 Å². The maximum absolute atomic E-state index is 12.7. The van der Waals surface area contributed by atoms with E-state index in [4.69, 9.17) is 16.3 Å². The Kier molecular flexibility index (Phi) is 6.17. The normalized spacial score (nSPS) is 11.3. The second-order valence-electron chi connectivity index (χ2n) is 7.30. The Morgan fingerprint density at radius 2 is 1.97 bits per heavy atom. The topological polar surface area (TPSA) is 86.1 Å². The Balaban J connectivity index is 1.80. The van der Waals surface area contributed by atoms with Gasteiger partial charge in [0, 0.05) is 22.4 Å². The summed E-state index contributed by atoms with van der Waals surface area (Å²) in [7, 11) is 0. The maximum Gasteiger partial charge on any atom is 0.339 e. The van der Waals surface area contributed by atoms with Crippen LogP contribution in [0.15, 0.2) is 36.5 Å². The molecule has 1 aromatic carbocycles. The number of fused-ring (bicyclic) bond motifs is 1. The number of nitrogens with one attached hydrogen (secondary N) is 1. The van der Waals surface area contributed by atoms with Crippen molar-refractivity contribution in [1.29, 1.82) is 0 Å². The molecule has 0 saturated carbocycles. The number of hydrogen-bond donors (Lipinski definition) is 1.